The van der Waals surface area contributed by atoms with Crippen molar-refractivity contribution in [1.82, 2.24) is 0 Å². The molecule has 0 saturated carbocycles. The van der Waals surface area contributed by atoms with Gasteiger partial charge in [-0.05, 0) is 35.8 Å². The molecule has 0 bridgehead atoms. The first-order chi connectivity index (χ1) is 8.90. The third kappa shape index (κ3) is 6.16. The zero-order valence-corrected chi connectivity index (χ0v) is 14.8. The molecule has 0 amide bonds. The molecule has 0 atom stereocenters. The van der Waals surface area contributed by atoms with Crippen molar-refractivity contribution in [2.75, 3.05) is 6.26 Å². The largest absolute Gasteiger partial charge is 0.192 e. The molecular formula is C17H29NS. The van der Waals surface area contributed by atoms with E-state index >= 15 is 0 Å². The first-order valence-electron chi connectivity index (χ1n) is 6.99. The summed E-state index contributed by atoms with van der Waals surface area (Å²) in [6, 6.07) is 6.48. The number of nitriles is 1. The molecule has 108 valence electrons. The first kappa shape index (κ1) is 20.4. The number of aryl methyl sites for hydroxylation is 1. The fourth-order valence-electron chi connectivity index (χ4n) is 1.56. The van der Waals surface area contributed by atoms with Crippen molar-refractivity contribution in [1.29, 1.82) is 5.26 Å². The first-order valence-corrected chi connectivity index (χ1v) is 8.22. The van der Waals surface area contributed by atoms with Gasteiger partial charge in [-0.3, -0.25) is 0 Å². The smallest absolute Gasteiger partial charge is 0.100 e. The van der Waals surface area contributed by atoms with Crippen molar-refractivity contribution in [2.45, 2.75) is 65.7 Å². The normalized spacial score (nSPS) is 9.47. The van der Waals surface area contributed by atoms with Gasteiger partial charge < -0.3 is 0 Å². The van der Waals surface area contributed by atoms with Crippen molar-refractivity contribution in [3.63, 3.8) is 0 Å². The summed E-state index contributed by atoms with van der Waals surface area (Å²) in [5.74, 6) is 0. The second-order valence-corrected chi connectivity index (χ2v) is 5.55. The van der Waals surface area contributed by atoms with E-state index < -0.39 is 0 Å². The third-order valence-electron chi connectivity index (χ3n) is 2.47. The minimum Gasteiger partial charge on any atom is -0.192 e. The number of hydrogen-bond donors (Lipinski definition) is 0. The van der Waals surface area contributed by atoms with Gasteiger partial charge in [0.25, 0.3) is 0 Å². The zero-order chi connectivity index (χ0) is 15.6. The molecule has 0 aliphatic carbocycles. The van der Waals surface area contributed by atoms with Gasteiger partial charge in [-0.1, -0.05) is 54.5 Å². The number of rotatable bonds is 1. The Morgan fingerprint density at radius 3 is 1.84 bits per heavy atom. The van der Waals surface area contributed by atoms with Gasteiger partial charge in [-0.25, -0.2) is 0 Å². The summed E-state index contributed by atoms with van der Waals surface area (Å²) >= 11 is 1.64. The van der Waals surface area contributed by atoms with Crippen LogP contribution in [-0.4, -0.2) is 6.26 Å². The molecule has 1 nitrogen and oxygen atoms in total. The summed E-state index contributed by atoms with van der Waals surface area (Å²) in [5, 5.41) is 9.10. The Kier molecular flexibility index (Phi) is 10.6. The number of nitrogens with zero attached hydrogens (tertiary/aromatic N) is 1. The zero-order valence-electron chi connectivity index (χ0n) is 14.0. The molecule has 0 spiro atoms. The molecule has 0 aliphatic rings. The predicted octanol–water partition coefficient (Wildman–Crippen LogP) is 5.94. The van der Waals surface area contributed by atoms with Gasteiger partial charge in [0.15, 0.2) is 0 Å². The van der Waals surface area contributed by atoms with E-state index in [2.05, 4.69) is 39.8 Å². The van der Waals surface area contributed by atoms with Crippen LogP contribution in [0.5, 0.6) is 0 Å². The van der Waals surface area contributed by atoms with Crippen LogP contribution in [0.4, 0.5) is 0 Å². The Labute approximate surface area is 124 Å². The minimum absolute atomic E-state index is 0.104. The van der Waals surface area contributed by atoms with E-state index in [4.69, 9.17) is 5.26 Å². The maximum Gasteiger partial charge on any atom is 0.100 e. The Hall–Kier alpha value is -0.940. The number of hydrogen-bond acceptors (Lipinski definition) is 2. The van der Waals surface area contributed by atoms with Gasteiger partial charge in [0.2, 0.25) is 0 Å². The molecule has 2 heteroatoms. The van der Waals surface area contributed by atoms with Crippen LogP contribution in [0.25, 0.3) is 0 Å². The van der Waals surface area contributed by atoms with Crippen LogP contribution in [0.2, 0.25) is 0 Å². The minimum atomic E-state index is 0.104. The standard InChI is InChI=1S/C13H17NS.2C2H6/c1-9-6-11(13(2,3)4)7-10(8-14)12(9)15-5;2*1-2/h6-7H,1-5H3;2*1-2H3. The monoisotopic (exact) mass is 279 g/mol. The Morgan fingerprint density at radius 1 is 1.05 bits per heavy atom. The molecule has 0 radical (unpaired) electrons. The van der Waals surface area contributed by atoms with Crippen LogP contribution < -0.4 is 0 Å². The lowest BCUT2D eigenvalue weighted by molar-refractivity contribution is 0.589. The molecule has 0 unspecified atom stereocenters. The average molecular weight is 279 g/mol. The van der Waals surface area contributed by atoms with Crippen molar-refractivity contribution < 1.29 is 0 Å². The van der Waals surface area contributed by atoms with Crippen LogP contribution in [0.15, 0.2) is 17.0 Å². The Bertz CT molecular complexity index is 408. The van der Waals surface area contributed by atoms with Crippen LogP contribution in [0, 0.1) is 18.3 Å². The van der Waals surface area contributed by atoms with Crippen molar-refractivity contribution >= 4 is 11.8 Å². The molecule has 1 aromatic rings. The lowest BCUT2D eigenvalue weighted by Gasteiger charge is -2.21. The van der Waals surface area contributed by atoms with Crippen LogP contribution in [0.3, 0.4) is 0 Å². The molecule has 0 N–H and O–H groups in total. The Balaban J connectivity index is 0. The summed E-state index contributed by atoms with van der Waals surface area (Å²) in [6.45, 7) is 16.6. The second kappa shape index (κ2) is 9.92. The summed E-state index contributed by atoms with van der Waals surface area (Å²) in [6.07, 6.45) is 2.01. The highest BCUT2D eigenvalue weighted by Gasteiger charge is 2.17. The van der Waals surface area contributed by atoms with Gasteiger partial charge >= 0.3 is 0 Å². The molecular weight excluding hydrogens is 250 g/mol. The van der Waals surface area contributed by atoms with E-state index in [1.54, 1.807) is 11.8 Å². The summed E-state index contributed by atoms with van der Waals surface area (Å²) in [5.41, 5.74) is 3.33. The maximum atomic E-state index is 9.10. The van der Waals surface area contributed by atoms with E-state index in [1.807, 2.05) is 40.0 Å². The van der Waals surface area contributed by atoms with E-state index in [1.165, 1.54) is 11.1 Å². The van der Waals surface area contributed by atoms with Crippen molar-refractivity contribution in [3.8, 4) is 6.07 Å². The van der Waals surface area contributed by atoms with Gasteiger partial charge in [-0.2, -0.15) is 5.26 Å². The summed E-state index contributed by atoms with van der Waals surface area (Å²) in [4.78, 5) is 1.10. The summed E-state index contributed by atoms with van der Waals surface area (Å²) in [7, 11) is 0. The van der Waals surface area contributed by atoms with Crippen LogP contribution in [-0.2, 0) is 5.41 Å². The van der Waals surface area contributed by atoms with Gasteiger partial charge in [-0.15, -0.1) is 11.8 Å². The Morgan fingerprint density at radius 2 is 1.53 bits per heavy atom. The number of benzene rings is 1. The fourth-order valence-corrected chi connectivity index (χ4v) is 2.27. The van der Waals surface area contributed by atoms with Gasteiger partial charge in [0.05, 0.1) is 5.56 Å². The van der Waals surface area contributed by atoms with Crippen molar-refractivity contribution in [2.24, 2.45) is 0 Å². The molecule has 0 aliphatic heterocycles. The topological polar surface area (TPSA) is 23.8 Å². The molecule has 0 heterocycles. The van der Waals surface area contributed by atoms with Crippen molar-refractivity contribution in [3.05, 3.63) is 28.8 Å². The molecule has 0 aromatic heterocycles. The second-order valence-electron chi connectivity index (χ2n) is 4.74. The highest BCUT2D eigenvalue weighted by atomic mass is 32.2. The maximum absolute atomic E-state index is 9.10. The molecule has 1 aromatic carbocycles. The lowest BCUT2D eigenvalue weighted by atomic mass is 9.85. The van der Waals surface area contributed by atoms with Crippen LogP contribution in [0.1, 0.15) is 65.2 Å². The van der Waals surface area contributed by atoms with E-state index in [0.717, 1.165) is 10.5 Å². The van der Waals surface area contributed by atoms with E-state index in [0.29, 0.717) is 0 Å². The van der Waals surface area contributed by atoms with Crippen LogP contribution >= 0.6 is 11.8 Å². The lowest BCUT2D eigenvalue weighted by Crippen LogP contribution is -2.12. The number of thioether (sulfide) groups is 1. The molecule has 19 heavy (non-hydrogen) atoms. The van der Waals surface area contributed by atoms with E-state index in [-0.39, 0.29) is 5.41 Å². The van der Waals surface area contributed by atoms with Gasteiger partial charge in [0.1, 0.15) is 6.07 Å². The van der Waals surface area contributed by atoms with E-state index in [9.17, 15) is 0 Å². The molecule has 1 rings (SSSR count). The SMILES string of the molecule is CC.CC.CSc1c(C)cc(C(C)(C)C)cc1C#N. The predicted molar refractivity (Wildman–Crippen MR) is 89.1 cm³/mol. The average Bonchev–Trinajstić information content (AvgIpc) is 2.41. The third-order valence-corrected chi connectivity index (χ3v) is 3.42. The quantitative estimate of drug-likeness (QED) is 0.594. The van der Waals surface area contributed by atoms with Gasteiger partial charge in [0, 0.05) is 4.90 Å². The highest BCUT2D eigenvalue weighted by molar-refractivity contribution is 7.98. The molecule has 0 saturated heterocycles. The summed E-state index contributed by atoms with van der Waals surface area (Å²) < 4.78 is 0. The highest BCUT2D eigenvalue weighted by Crippen LogP contribution is 2.30. The molecule has 0 fully saturated rings. The fraction of sp³-hybridized carbons (Fsp3) is 0.588.